The largest absolute Gasteiger partial charge is 1.00 e. The van der Waals surface area contributed by atoms with Gasteiger partial charge >= 0.3 is 15.8 Å². The fourth-order valence-corrected chi connectivity index (χ4v) is 4.30. The molecule has 20 heavy (non-hydrogen) atoms. The van der Waals surface area contributed by atoms with E-state index in [9.17, 15) is 16.8 Å². The van der Waals surface area contributed by atoms with Crippen molar-refractivity contribution in [2.45, 2.75) is 9.79 Å². The van der Waals surface area contributed by atoms with Crippen LogP contribution >= 0.6 is 22.6 Å². The van der Waals surface area contributed by atoms with E-state index in [1.165, 1.54) is 22.6 Å². The fourth-order valence-electron chi connectivity index (χ4n) is 1.27. The van der Waals surface area contributed by atoms with Crippen LogP contribution in [0.1, 0.15) is 0 Å². The summed E-state index contributed by atoms with van der Waals surface area (Å²) in [7, 11) is -8.51. The predicted molar refractivity (Wildman–Crippen MR) is 70.1 cm³/mol. The highest BCUT2D eigenvalue weighted by atomic mass is 127. The minimum atomic E-state index is -4.83. The summed E-state index contributed by atoms with van der Waals surface area (Å²) in [5.74, 6) is -0.564. The summed E-state index contributed by atoms with van der Waals surface area (Å²) in [4.78, 5) is 0.937. The van der Waals surface area contributed by atoms with Crippen molar-refractivity contribution in [2.75, 3.05) is 7.11 Å². The summed E-state index contributed by atoms with van der Waals surface area (Å²) in [6.07, 6.45) is 0. The summed E-state index contributed by atoms with van der Waals surface area (Å²) in [6.45, 7) is 0. The topological polar surface area (TPSA) is 146 Å². The minimum absolute atomic E-state index is 0. The quantitative estimate of drug-likeness (QED) is 0.283. The van der Waals surface area contributed by atoms with Gasteiger partial charge in [0, 0.05) is 0 Å². The molecule has 0 aliphatic rings. The Morgan fingerprint density at radius 1 is 1.25 bits per heavy atom. The molecule has 13 heteroatoms. The first kappa shape index (κ1) is 19.5. The lowest BCUT2D eigenvalue weighted by Gasteiger charge is -2.08. The lowest BCUT2D eigenvalue weighted by Crippen LogP contribution is -3.00. The second-order valence-electron chi connectivity index (χ2n) is 3.12. The summed E-state index contributed by atoms with van der Waals surface area (Å²) in [6, 6.07) is 0.586. The highest BCUT2D eigenvalue weighted by molar-refractivity contribution is 14.1. The van der Waals surface area contributed by atoms with Crippen LogP contribution in [0.3, 0.4) is 0 Å². The minimum Gasteiger partial charge on any atom is -1.00 e. The van der Waals surface area contributed by atoms with Gasteiger partial charge in [-0.1, -0.05) is 0 Å². The smallest absolute Gasteiger partial charge is 0.411 e. The maximum Gasteiger partial charge on any atom is 0.411 e. The number of methoxy groups -OCH3 is 1. The molecule has 0 saturated carbocycles. The molecule has 0 unspecified atom stereocenters. The average molecular weight is 501 g/mol. The molecule has 0 aromatic heterocycles. The first-order valence-electron chi connectivity index (χ1n) is 4.24. The van der Waals surface area contributed by atoms with Gasteiger partial charge < -0.3 is 21.7 Å². The van der Waals surface area contributed by atoms with E-state index in [1.54, 1.807) is 0 Å². The molecule has 9 nitrogen and oxygen atoms in total. The van der Waals surface area contributed by atoms with Gasteiger partial charge in [-0.3, -0.25) is 9.11 Å². The Bertz CT molecular complexity index is 784. The molecule has 1 aromatic rings. The molecule has 0 amide bonds. The van der Waals surface area contributed by atoms with E-state index >= 15 is 0 Å². The normalized spacial score (nSPS) is 11.3. The first-order valence-corrected chi connectivity index (χ1v) is 8.20. The van der Waals surface area contributed by atoms with Crippen molar-refractivity contribution in [2.24, 2.45) is 0 Å². The Morgan fingerprint density at radius 3 is 2.05 bits per heavy atom. The third-order valence-electron chi connectivity index (χ3n) is 1.97. The average Bonchev–Trinajstić information content (AvgIpc) is 2.25. The molecular formula is C7H6BrIN2O7S2. The number of halogens is 2. The molecule has 0 fully saturated rings. The lowest BCUT2D eigenvalue weighted by molar-refractivity contribution is -0.0000127. The number of benzene rings is 1. The van der Waals surface area contributed by atoms with Gasteiger partial charge in [0.15, 0.2) is 10.7 Å². The number of diazo groups is 1. The SMILES string of the molecule is COc1c(I)c(S(=O)(=O)O)cc([N+]#N)c1S(=O)(=O)O.[Br-]. The van der Waals surface area contributed by atoms with Gasteiger partial charge in [0.1, 0.15) is 4.90 Å². The van der Waals surface area contributed by atoms with Crippen LogP contribution in [0.2, 0.25) is 0 Å². The zero-order valence-electron chi connectivity index (χ0n) is 9.48. The van der Waals surface area contributed by atoms with Crippen LogP contribution in [-0.4, -0.2) is 33.1 Å². The number of rotatable bonds is 3. The van der Waals surface area contributed by atoms with Crippen LogP contribution in [0.15, 0.2) is 15.9 Å². The van der Waals surface area contributed by atoms with Crippen LogP contribution < -0.4 is 21.7 Å². The van der Waals surface area contributed by atoms with E-state index in [-0.39, 0.29) is 20.6 Å². The second kappa shape index (κ2) is 6.49. The van der Waals surface area contributed by atoms with Gasteiger partial charge in [0.05, 0.1) is 16.7 Å². The fraction of sp³-hybridized carbons (Fsp3) is 0.143. The molecule has 0 bridgehead atoms. The molecule has 1 aromatic carbocycles. The van der Waals surface area contributed by atoms with Gasteiger partial charge in [0.25, 0.3) is 10.1 Å². The molecule has 0 aliphatic carbocycles. The van der Waals surface area contributed by atoms with Crippen molar-refractivity contribution >= 4 is 48.5 Å². The van der Waals surface area contributed by atoms with E-state index < -0.39 is 41.5 Å². The molecule has 1 rings (SSSR count). The van der Waals surface area contributed by atoms with Crippen molar-refractivity contribution in [3.63, 3.8) is 0 Å². The Kier molecular flexibility index (Phi) is 6.32. The maximum atomic E-state index is 11.2. The summed E-state index contributed by atoms with van der Waals surface area (Å²) < 4.78 is 67.0. The van der Waals surface area contributed by atoms with E-state index in [0.717, 1.165) is 7.11 Å². The summed E-state index contributed by atoms with van der Waals surface area (Å²) in [5.41, 5.74) is -0.785. The van der Waals surface area contributed by atoms with Crippen molar-refractivity contribution in [1.29, 1.82) is 5.39 Å². The van der Waals surface area contributed by atoms with Gasteiger partial charge in [-0.25, -0.2) is 0 Å². The van der Waals surface area contributed by atoms with E-state index in [4.69, 9.17) is 14.5 Å². The van der Waals surface area contributed by atoms with Crippen LogP contribution in [0.5, 0.6) is 5.75 Å². The molecule has 0 atom stereocenters. The van der Waals surface area contributed by atoms with Crippen LogP contribution in [-0.2, 0) is 20.2 Å². The van der Waals surface area contributed by atoms with Gasteiger partial charge in [-0.2, -0.15) is 16.8 Å². The van der Waals surface area contributed by atoms with Crippen LogP contribution in [0.25, 0.3) is 4.98 Å². The standard InChI is InChI=1S/C7H5IN2O7S2.BrH/c1-17-6-5(8)4(18(11,12)13)2-3(10-9)7(6)19(14,15)16;/h2H,1H3,(H-,11,12,13,14,15,16);1H. The molecule has 0 spiro atoms. The van der Waals surface area contributed by atoms with Crippen molar-refractivity contribution in [1.82, 2.24) is 0 Å². The number of nitrogens with zero attached hydrogens (tertiary/aromatic N) is 2. The number of hydrogen-bond acceptors (Lipinski definition) is 6. The van der Waals surface area contributed by atoms with E-state index in [1.807, 2.05) is 0 Å². The van der Waals surface area contributed by atoms with Crippen LogP contribution in [0, 0.1) is 8.96 Å². The first-order chi connectivity index (χ1) is 8.54. The van der Waals surface area contributed by atoms with E-state index in [0.29, 0.717) is 6.07 Å². The second-order valence-corrected chi connectivity index (χ2v) is 6.95. The third-order valence-corrected chi connectivity index (χ3v) is 5.20. The van der Waals surface area contributed by atoms with Crippen molar-refractivity contribution < 1.29 is 47.7 Å². The van der Waals surface area contributed by atoms with Crippen molar-refractivity contribution in [3.05, 3.63) is 14.6 Å². The molecular weight excluding hydrogens is 495 g/mol. The summed E-state index contributed by atoms with van der Waals surface area (Å²) in [5, 5.41) is 8.70. The predicted octanol–water partition coefficient (Wildman–Crippen LogP) is -1.72. The van der Waals surface area contributed by atoms with Gasteiger partial charge in [0.2, 0.25) is 10.3 Å². The Hall–Kier alpha value is -0.530. The number of hydrogen-bond donors (Lipinski definition) is 2. The molecule has 2 N–H and O–H groups in total. The zero-order chi connectivity index (χ0) is 15.0. The Morgan fingerprint density at radius 2 is 1.75 bits per heavy atom. The molecule has 112 valence electrons. The molecule has 0 heterocycles. The Balaban J connectivity index is 0.00000361. The monoisotopic (exact) mass is 500 g/mol. The Labute approximate surface area is 138 Å². The molecule has 0 radical (unpaired) electrons. The number of ether oxygens (including phenoxy) is 1. The molecule has 0 aliphatic heterocycles. The zero-order valence-corrected chi connectivity index (χ0v) is 14.9. The molecule has 0 saturated heterocycles. The summed E-state index contributed by atoms with van der Waals surface area (Å²) >= 11 is 1.40. The van der Waals surface area contributed by atoms with Gasteiger partial charge in [-0.15, -0.1) is 0 Å². The third kappa shape index (κ3) is 3.77. The highest BCUT2D eigenvalue weighted by Crippen LogP contribution is 2.40. The highest BCUT2D eigenvalue weighted by Gasteiger charge is 2.36. The lowest BCUT2D eigenvalue weighted by atomic mass is 10.3. The van der Waals surface area contributed by atoms with Gasteiger partial charge in [-0.05, 0) is 22.6 Å². The van der Waals surface area contributed by atoms with E-state index in [2.05, 4.69) is 9.71 Å². The maximum absolute atomic E-state index is 11.2. The van der Waals surface area contributed by atoms with Crippen molar-refractivity contribution in [3.8, 4) is 5.75 Å². The van der Waals surface area contributed by atoms with Crippen LogP contribution in [0.4, 0.5) is 5.69 Å².